The van der Waals surface area contributed by atoms with Crippen LogP contribution in [-0.2, 0) is 6.18 Å². The third-order valence-corrected chi connectivity index (χ3v) is 4.23. The maximum absolute atomic E-state index is 12.5. The highest BCUT2D eigenvalue weighted by molar-refractivity contribution is 9.09. The molecule has 1 aliphatic heterocycles. The van der Waals surface area contributed by atoms with Crippen molar-refractivity contribution in [3.05, 3.63) is 29.8 Å². The van der Waals surface area contributed by atoms with Gasteiger partial charge in [-0.2, -0.15) is 13.2 Å². The average molecular weight is 322 g/mol. The number of hydrogen-bond acceptors (Lipinski definition) is 1. The van der Waals surface area contributed by atoms with Gasteiger partial charge in [-0.05, 0) is 36.6 Å². The molecule has 100 valence electrons. The number of nitrogens with zero attached hydrogens (tertiary/aromatic N) is 1. The second kappa shape index (κ2) is 5.11. The molecular weight excluding hydrogens is 307 g/mol. The van der Waals surface area contributed by atoms with Crippen molar-refractivity contribution in [2.75, 3.05) is 16.8 Å². The normalized spacial score (nSPS) is 24.6. The van der Waals surface area contributed by atoms with Gasteiger partial charge in [0.1, 0.15) is 0 Å². The van der Waals surface area contributed by atoms with Gasteiger partial charge in [0.15, 0.2) is 0 Å². The van der Waals surface area contributed by atoms with Crippen molar-refractivity contribution in [1.82, 2.24) is 0 Å². The summed E-state index contributed by atoms with van der Waals surface area (Å²) in [6, 6.07) is 5.81. The van der Waals surface area contributed by atoms with Crippen LogP contribution >= 0.6 is 15.9 Å². The lowest BCUT2D eigenvalue weighted by atomic mass is 10.0. The summed E-state index contributed by atoms with van der Waals surface area (Å²) in [4.78, 5) is 2.18. The lowest BCUT2D eigenvalue weighted by Crippen LogP contribution is -2.33. The molecular formula is C13H15BrF3N. The average Bonchev–Trinajstić information content (AvgIpc) is 2.69. The SMILES string of the molecule is CC1CCN(c2ccc(C(F)(F)F)cc2)C1CBr. The van der Waals surface area contributed by atoms with E-state index in [1.165, 1.54) is 0 Å². The molecule has 1 aliphatic rings. The van der Waals surface area contributed by atoms with Gasteiger partial charge in [0.2, 0.25) is 0 Å². The smallest absolute Gasteiger partial charge is 0.367 e. The summed E-state index contributed by atoms with van der Waals surface area (Å²) in [5.41, 5.74) is 0.283. The fourth-order valence-electron chi connectivity index (χ4n) is 2.41. The summed E-state index contributed by atoms with van der Waals surface area (Å²) < 4.78 is 37.4. The molecule has 2 atom stereocenters. The van der Waals surface area contributed by atoms with Crippen LogP contribution in [0.1, 0.15) is 18.9 Å². The van der Waals surface area contributed by atoms with E-state index in [1.807, 2.05) is 0 Å². The van der Waals surface area contributed by atoms with Gasteiger partial charge in [-0.1, -0.05) is 22.9 Å². The predicted octanol–water partition coefficient (Wildman–Crippen LogP) is 4.32. The molecule has 0 aromatic heterocycles. The fourth-order valence-corrected chi connectivity index (χ4v) is 3.39. The van der Waals surface area contributed by atoms with Gasteiger partial charge in [-0.3, -0.25) is 0 Å². The second-order valence-corrected chi connectivity index (χ2v) is 5.37. The van der Waals surface area contributed by atoms with E-state index < -0.39 is 11.7 Å². The van der Waals surface area contributed by atoms with Crippen LogP contribution in [0, 0.1) is 5.92 Å². The van der Waals surface area contributed by atoms with Crippen LogP contribution in [0.5, 0.6) is 0 Å². The molecule has 2 rings (SSSR count). The van der Waals surface area contributed by atoms with Gasteiger partial charge in [0.05, 0.1) is 5.56 Å². The first-order valence-electron chi connectivity index (χ1n) is 5.93. The number of rotatable bonds is 2. The molecule has 0 amide bonds. The van der Waals surface area contributed by atoms with Gasteiger partial charge in [0, 0.05) is 23.6 Å². The van der Waals surface area contributed by atoms with Gasteiger partial charge in [-0.15, -0.1) is 0 Å². The zero-order chi connectivity index (χ0) is 13.3. The Balaban J connectivity index is 2.20. The maximum atomic E-state index is 12.5. The van der Waals surface area contributed by atoms with Crippen LogP contribution in [0.15, 0.2) is 24.3 Å². The molecule has 18 heavy (non-hydrogen) atoms. The van der Waals surface area contributed by atoms with Gasteiger partial charge < -0.3 is 4.90 Å². The molecule has 1 aromatic rings. The summed E-state index contributed by atoms with van der Waals surface area (Å²) in [6.07, 6.45) is -3.18. The van der Waals surface area contributed by atoms with E-state index in [9.17, 15) is 13.2 Å². The quantitative estimate of drug-likeness (QED) is 0.733. The molecule has 0 radical (unpaired) electrons. The second-order valence-electron chi connectivity index (χ2n) is 4.73. The highest BCUT2D eigenvalue weighted by atomic mass is 79.9. The molecule has 0 aliphatic carbocycles. The van der Waals surface area contributed by atoms with E-state index in [1.54, 1.807) is 12.1 Å². The first-order chi connectivity index (χ1) is 8.43. The lowest BCUT2D eigenvalue weighted by Gasteiger charge is -2.27. The summed E-state index contributed by atoms with van der Waals surface area (Å²) in [5.74, 6) is 0.562. The monoisotopic (exact) mass is 321 g/mol. The van der Waals surface area contributed by atoms with Crippen molar-refractivity contribution >= 4 is 21.6 Å². The first kappa shape index (κ1) is 13.7. The summed E-state index contributed by atoms with van der Waals surface area (Å²) in [6.45, 7) is 3.08. The van der Waals surface area contributed by atoms with Crippen molar-refractivity contribution < 1.29 is 13.2 Å². The van der Waals surface area contributed by atoms with Gasteiger partial charge in [-0.25, -0.2) is 0 Å². The molecule has 1 heterocycles. The number of anilines is 1. The number of hydrogen-bond donors (Lipinski definition) is 0. The Morgan fingerprint density at radius 2 is 1.89 bits per heavy atom. The van der Waals surface area contributed by atoms with Crippen molar-refractivity contribution in [3.8, 4) is 0 Å². The number of halogens is 4. The molecule has 2 unspecified atom stereocenters. The van der Waals surface area contributed by atoms with E-state index in [0.29, 0.717) is 12.0 Å². The standard InChI is InChI=1S/C13H15BrF3N/c1-9-6-7-18(12(9)8-14)11-4-2-10(3-5-11)13(15,16)17/h2-5,9,12H,6-8H2,1H3. The minimum absolute atomic E-state index is 0.363. The van der Waals surface area contributed by atoms with E-state index in [4.69, 9.17) is 0 Å². The number of benzene rings is 1. The molecule has 0 spiro atoms. The fraction of sp³-hybridized carbons (Fsp3) is 0.538. The Hall–Kier alpha value is -0.710. The van der Waals surface area contributed by atoms with E-state index in [-0.39, 0.29) is 0 Å². The molecule has 1 nitrogen and oxygen atoms in total. The minimum atomic E-state index is -4.26. The van der Waals surface area contributed by atoms with Crippen LogP contribution in [0.4, 0.5) is 18.9 Å². The van der Waals surface area contributed by atoms with Crippen LogP contribution in [-0.4, -0.2) is 17.9 Å². The van der Waals surface area contributed by atoms with Crippen LogP contribution in [0.3, 0.4) is 0 Å². The molecule has 0 saturated carbocycles. The van der Waals surface area contributed by atoms with Crippen LogP contribution in [0.25, 0.3) is 0 Å². The molecule has 1 fully saturated rings. The van der Waals surface area contributed by atoms with Crippen LogP contribution in [0.2, 0.25) is 0 Å². The van der Waals surface area contributed by atoms with Crippen molar-refractivity contribution in [2.45, 2.75) is 25.6 Å². The Kier molecular flexibility index (Phi) is 3.90. The Bertz CT molecular complexity index is 402. The molecule has 5 heteroatoms. The highest BCUT2D eigenvalue weighted by Crippen LogP contribution is 2.34. The van der Waals surface area contributed by atoms with E-state index >= 15 is 0 Å². The van der Waals surface area contributed by atoms with Crippen LogP contribution < -0.4 is 4.90 Å². The van der Waals surface area contributed by atoms with Crippen molar-refractivity contribution in [2.24, 2.45) is 5.92 Å². The maximum Gasteiger partial charge on any atom is 0.416 e. The number of alkyl halides is 4. The summed E-state index contributed by atoms with van der Waals surface area (Å²) >= 11 is 3.48. The third kappa shape index (κ3) is 2.66. The molecule has 0 bridgehead atoms. The summed E-state index contributed by atoms with van der Waals surface area (Å²) in [7, 11) is 0. The minimum Gasteiger partial charge on any atom is -0.367 e. The van der Waals surface area contributed by atoms with Crippen molar-refractivity contribution in [3.63, 3.8) is 0 Å². The zero-order valence-corrected chi connectivity index (χ0v) is 11.6. The van der Waals surface area contributed by atoms with Gasteiger partial charge in [0.25, 0.3) is 0 Å². The third-order valence-electron chi connectivity index (χ3n) is 3.57. The van der Waals surface area contributed by atoms with E-state index in [0.717, 1.165) is 36.1 Å². The molecule has 0 N–H and O–H groups in total. The Labute approximate surface area is 113 Å². The van der Waals surface area contributed by atoms with Crippen molar-refractivity contribution in [1.29, 1.82) is 0 Å². The largest absolute Gasteiger partial charge is 0.416 e. The Morgan fingerprint density at radius 3 is 2.39 bits per heavy atom. The molecule has 1 aromatic carbocycles. The topological polar surface area (TPSA) is 3.24 Å². The van der Waals surface area contributed by atoms with Gasteiger partial charge >= 0.3 is 6.18 Å². The Morgan fingerprint density at radius 1 is 1.28 bits per heavy atom. The summed E-state index contributed by atoms with van der Waals surface area (Å²) in [5, 5.41) is 0.842. The van der Waals surface area contributed by atoms with E-state index in [2.05, 4.69) is 27.8 Å². The highest BCUT2D eigenvalue weighted by Gasteiger charge is 2.32. The first-order valence-corrected chi connectivity index (χ1v) is 7.05. The molecule has 1 saturated heterocycles. The lowest BCUT2D eigenvalue weighted by molar-refractivity contribution is -0.137. The zero-order valence-electron chi connectivity index (χ0n) is 10.0. The predicted molar refractivity (Wildman–Crippen MR) is 70.2 cm³/mol.